The Morgan fingerprint density at radius 2 is 1.57 bits per heavy atom. The lowest BCUT2D eigenvalue weighted by Gasteiger charge is -2.36. The largest absolute Gasteiger partial charge is 0.465 e. The number of hydrogen-bond donors (Lipinski definition) is 0. The third kappa shape index (κ3) is 9.08. The summed E-state index contributed by atoms with van der Waals surface area (Å²) in [6, 6.07) is 18.4. The molecule has 0 N–H and O–H groups in total. The van der Waals surface area contributed by atoms with Crippen LogP contribution >= 0.6 is 0 Å². The molecule has 6 rings (SSSR count). The number of carbonyl (C=O) groups is 2. The van der Waals surface area contributed by atoms with Crippen LogP contribution in [0.5, 0.6) is 11.5 Å². The van der Waals surface area contributed by atoms with Crippen molar-refractivity contribution in [1.29, 1.82) is 0 Å². The molecule has 0 radical (unpaired) electrons. The zero-order chi connectivity index (χ0) is 34.5. The molecule has 1 saturated heterocycles. The summed E-state index contributed by atoms with van der Waals surface area (Å²) in [4.78, 5) is 25.9. The molecule has 1 aliphatic heterocycles. The molecule has 3 aromatic rings. The van der Waals surface area contributed by atoms with E-state index >= 15 is 4.39 Å². The first-order valence-corrected chi connectivity index (χ1v) is 18.0. The minimum Gasteiger partial charge on any atom is -0.465 e. The maximum absolute atomic E-state index is 15.1. The first kappa shape index (κ1) is 35.1. The molecule has 0 aromatic heterocycles. The van der Waals surface area contributed by atoms with Crippen LogP contribution in [0.25, 0.3) is 11.1 Å². The van der Waals surface area contributed by atoms with Gasteiger partial charge in [0.1, 0.15) is 23.4 Å². The molecule has 8 heteroatoms. The molecule has 1 heterocycles. The van der Waals surface area contributed by atoms with Crippen molar-refractivity contribution in [3.05, 3.63) is 83.7 Å². The van der Waals surface area contributed by atoms with Gasteiger partial charge in [0.2, 0.25) is 0 Å². The lowest BCUT2D eigenvalue weighted by atomic mass is 9.75. The van der Waals surface area contributed by atoms with Crippen LogP contribution in [-0.2, 0) is 14.2 Å². The van der Waals surface area contributed by atoms with Gasteiger partial charge < -0.3 is 23.7 Å². The number of rotatable bonds is 13. The number of ether oxygens (including phenoxy) is 5. The standard InChI is InChI=1S/C41H49FO7/c1-5-6-39(45-24-27-8-20-36-38(22-27)48-36)46-32-17-19-34(35(42)23-32)41(44)47-31-15-13-29(14-16-31)28-9-11-30(12-10-28)40(43)49-37-21-26(4)7-18-33(37)25(2)3/h9-17,19,23,25-27,33,36-39H,5-8,18,20-22,24H2,1-4H3. The van der Waals surface area contributed by atoms with Crippen molar-refractivity contribution in [3.8, 4) is 22.6 Å². The first-order valence-electron chi connectivity index (χ1n) is 18.0. The van der Waals surface area contributed by atoms with E-state index in [-0.39, 0.29) is 23.4 Å². The second-order valence-electron chi connectivity index (χ2n) is 14.5. The highest BCUT2D eigenvalue weighted by atomic mass is 19.1. The summed E-state index contributed by atoms with van der Waals surface area (Å²) in [5.41, 5.74) is 2.12. The molecular formula is C41H49FO7. The molecule has 7 atom stereocenters. The van der Waals surface area contributed by atoms with Crippen molar-refractivity contribution in [2.75, 3.05) is 6.61 Å². The number of carbonyl (C=O) groups excluding carboxylic acids is 2. The van der Waals surface area contributed by atoms with Crippen LogP contribution in [0.3, 0.4) is 0 Å². The van der Waals surface area contributed by atoms with Gasteiger partial charge in [0.25, 0.3) is 0 Å². The van der Waals surface area contributed by atoms with Gasteiger partial charge >= 0.3 is 11.9 Å². The van der Waals surface area contributed by atoms with Crippen molar-refractivity contribution in [3.63, 3.8) is 0 Å². The topological polar surface area (TPSA) is 83.6 Å². The molecule has 2 aliphatic carbocycles. The van der Waals surface area contributed by atoms with Crippen LogP contribution in [0, 0.1) is 29.5 Å². The van der Waals surface area contributed by atoms with E-state index in [4.69, 9.17) is 23.7 Å². The molecule has 0 amide bonds. The normalized spacial score (nSPS) is 25.3. The fourth-order valence-corrected chi connectivity index (χ4v) is 7.31. The van der Waals surface area contributed by atoms with Crippen LogP contribution in [0.4, 0.5) is 4.39 Å². The average Bonchev–Trinajstić information content (AvgIpc) is 3.87. The number of esters is 2. The monoisotopic (exact) mass is 672 g/mol. The molecule has 3 fully saturated rings. The van der Waals surface area contributed by atoms with E-state index in [1.807, 2.05) is 31.2 Å². The SMILES string of the molecule is CCCC(OCC1CCC2OC2C1)Oc1ccc(C(=O)Oc2ccc(-c3ccc(C(=O)OC4CC(C)CCC4C(C)C)cc3)cc2)c(F)c1. The third-order valence-corrected chi connectivity index (χ3v) is 10.3. The maximum Gasteiger partial charge on any atom is 0.346 e. The molecule has 2 saturated carbocycles. The number of epoxide rings is 1. The molecule has 0 bridgehead atoms. The third-order valence-electron chi connectivity index (χ3n) is 10.3. The number of benzene rings is 3. The Balaban J connectivity index is 1.01. The van der Waals surface area contributed by atoms with Gasteiger partial charge in [-0.2, -0.15) is 0 Å². The number of halogens is 1. The highest BCUT2D eigenvalue weighted by molar-refractivity contribution is 5.92. The molecule has 7 nitrogen and oxygen atoms in total. The van der Waals surface area contributed by atoms with E-state index in [0.29, 0.717) is 60.2 Å². The summed E-state index contributed by atoms with van der Waals surface area (Å²) in [6.45, 7) is 9.25. The van der Waals surface area contributed by atoms with Crippen molar-refractivity contribution >= 4 is 11.9 Å². The Morgan fingerprint density at radius 1 is 0.857 bits per heavy atom. The summed E-state index contributed by atoms with van der Waals surface area (Å²) in [6.07, 6.45) is 8.16. The van der Waals surface area contributed by atoms with Crippen molar-refractivity contribution in [2.45, 2.75) is 104 Å². The summed E-state index contributed by atoms with van der Waals surface area (Å²) >= 11 is 0. The number of fused-ring (bicyclic) bond motifs is 1. The van der Waals surface area contributed by atoms with Crippen molar-refractivity contribution in [2.24, 2.45) is 23.7 Å². The predicted molar refractivity (Wildman–Crippen MR) is 185 cm³/mol. The summed E-state index contributed by atoms with van der Waals surface area (Å²) in [5.74, 6) is 0.623. The maximum atomic E-state index is 15.1. The average molecular weight is 673 g/mol. The Morgan fingerprint density at radius 3 is 2.24 bits per heavy atom. The fraction of sp³-hybridized carbons (Fsp3) is 0.512. The van der Waals surface area contributed by atoms with Crippen molar-refractivity contribution < 1.29 is 37.7 Å². The van der Waals surface area contributed by atoms with E-state index in [1.165, 1.54) is 18.6 Å². The van der Waals surface area contributed by atoms with E-state index in [1.54, 1.807) is 30.3 Å². The minimum atomic E-state index is -0.800. The fourth-order valence-electron chi connectivity index (χ4n) is 7.31. The van der Waals surface area contributed by atoms with Gasteiger partial charge in [0.15, 0.2) is 6.29 Å². The molecule has 3 aromatic carbocycles. The highest BCUT2D eigenvalue weighted by Gasteiger charge is 2.44. The van der Waals surface area contributed by atoms with Crippen LogP contribution in [0.15, 0.2) is 66.7 Å². The van der Waals surface area contributed by atoms with Gasteiger partial charge in [0.05, 0.1) is 29.9 Å². The molecule has 0 spiro atoms. The Kier molecular flexibility index (Phi) is 11.4. The molecule has 3 aliphatic rings. The van der Waals surface area contributed by atoms with Gasteiger partial charge in [-0.05, 0) is 103 Å². The van der Waals surface area contributed by atoms with E-state index < -0.39 is 18.1 Å². The van der Waals surface area contributed by atoms with Gasteiger partial charge in [-0.1, -0.05) is 64.8 Å². The predicted octanol–water partition coefficient (Wildman–Crippen LogP) is 9.42. The van der Waals surface area contributed by atoms with E-state index in [9.17, 15) is 9.59 Å². The Hall–Kier alpha value is -3.75. The first-order chi connectivity index (χ1) is 23.7. The Bertz CT molecular complexity index is 1570. The van der Waals surface area contributed by atoms with E-state index in [2.05, 4.69) is 20.8 Å². The van der Waals surface area contributed by atoms with Gasteiger partial charge in [-0.15, -0.1) is 0 Å². The highest BCUT2D eigenvalue weighted by Crippen LogP contribution is 2.40. The summed E-state index contributed by atoms with van der Waals surface area (Å²) in [5, 5.41) is 0. The van der Waals surface area contributed by atoms with Crippen LogP contribution in [0.2, 0.25) is 0 Å². The van der Waals surface area contributed by atoms with Gasteiger partial charge in [0, 0.05) is 12.5 Å². The second-order valence-corrected chi connectivity index (χ2v) is 14.5. The molecule has 262 valence electrons. The molecule has 49 heavy (non-hydrogen) atoms. The number of hydrogen-bond acceptors (Lipinski definition) is 7. The summed E-state index contributed by atoms with van der Waals surface area (Å²) in [7, 11) is 0. The lowest BCUT2D eigenvalue weighted by molar-refractivity contribution is -0.0981. The van der Waals surface area contributed by atoms with Gasteiger partial charge in [-0.25, -0.2) is 14.0 Å². The zero-order valence-electron chi connectivity index (χ0n) is 29.1. The van der Waals surface area contributed by atoms with Crippen LogP contribution < -0.4 is 9.47 Å². The minimum absolute atomic E-state index is 0.0544. The van der Waals surface area contributed by atoms with E-state index in [0.717, 1.165) is 49.7 Å². The quantitative estimate of drug-likeness (QED) is 0.0774. The van der Waals surface area contributed by atoms with Crippen LogP contribution in [-0.4, -0.2) is 43.1 Å². The second kappa shape index (κ2) is 15.9. The van der Waals surface area contributed by atoms with Crippen molar-refractivity contribution in [1.82, 2.24) is 0 Å². The van der Waals surface area contributed by atoms with Gasteiger partial charge in [-0.3, -0.25) is 0 Å². The summed E-state index contributed by atoms with van der Waals surface area (Å²) < 4.78 is 44.2. The smallest absolute Gasteiger partial charge is 0.346 e. The van der Waals surface area contributed by atoms with Crippen LogP contribution in [0.1, 0.15) is 99.8 Å². The Labute approximate surface area is 289 Å². The molecule has 7 unspecified atom stereocenters. The molecular weight excluding hydrogens is 623 g/mol. The zero-order valence-corrected chi connectivity index (χ0v) is 29.1. The lowest BCUT2D eigenvalue weighted by Crippen LogP contribution is -2.35.